The van der Waals surface area contributed by atoms with E-state index in [0.29, 0.717) is 0 Å². The number of benzene rings is 1. The smallest absolute Gasteiger partial charge is 0.224 e. The summed E-state index contributed by atoms with van der Waals surface area (Å²) in [7, 11) is -4.74. The highest BCUT2D eigenvalue weighted by molar-refractivity contribution is 7.89. The van der Waals surface area contributed by atoms with E-state index in [1.807, 2.05) is 0 Å². The van der Waals surface area contributed by atoms with Crippen LogP contribution in [-0.4, -0.2) is 8.42 Å². The Hall–Kier alpha value is -1.22. The maximum atomic E-state index is 12.9. The average Bonchev–Trinajstić information content (AvgIpc) is 1.97. The van der Waals surface area contributed by atoms with Gasteiger partial charge in [-0.1, -0.05) is 0 Å². The van der Waals surface area contributed by atoms with Crippen LogP contribution in [0.5, 0.6) is 0 Å². The van der Waals surface area contributed by atoms with Crippen molar-refractivity contribution in [1.29, 1.82) is 0 Å². The summed E-state index contributed by atoms with van der Waals surface area (Å²) >= 11 is 0. The van der Waals surface area contributed by atoms with Gasteiger partial charge in [-0.15, -0.1) is 0 Å². The van der Waals surface area contributed by atoms with E-state index in [1.54, 1.807) is 0 Å². The van der Waals surface area contributed by atoms with Crippen LogP contribution in [0.15, 0.2) is 17.0 Å². The third kappa shape index (κ3) is 2.47. The molecule has 0 amide bonds. The number of hydrogen-bond acceptors (Lipinski definition) is 2. The molecule has 3 nitrogen and oxygen atoms in total. The van der Waals surface area contributed by atoms with Crippen molar-refractivity contribution in [3.8, 4) is 0 Å². The molecule has 0 aliphatic carbocycles. The number of nitrogens with two attached hydrogens (primary N) is 1. The topological polar surface area (TPSA) is 60.2 Å². The van der Waals surface area contributed by atoms with Crippen LogP contribution in [0.25, 0.3) is 0 Å². The van der Waals surface area contributed by atoms with Gasteiger partial charge in [-0.05, 0) is 12.1 Å². The van der Waals surface area contributed by atoms with Crippen molar-refractivity contribution in [2.24, 2.45) is 5.14 Å². The number of hydrogen-bond donors (Lipinski definition) is 1. The third-order valence-corrected chi connectivity index (χ3v) is 2.57. The second-order valence-corrected chi connectivity index (χ2v) is 4.31. The lowest BCUT2D eigenvalue weighted by Gasteiger charge is -2.09. The molecule has 1 aromatic rings. The fraction of sp³-hybridized carbons (Fsp3) is 0.143. The predicted molar refractivity (Wildman–Crippen MR) is 42.7 cm³/mol. The van der Waals surface area contributed by atoms with Crippen molar-refractivity contribution in [2.75, 3.05) is 0 Å². The Morgan fingerprint density at radius 1 is 1.06 bits per heavy atom. The van der Waals surface area contributed by atoms with Crippen molar-refractivity contribution in [3.05, 3.63) is 29.3 Å². The van der Waals surface area contributed by atoms with E-state index < -0.39 is 38.3 Å². The van der Waals surface area contributed by atoms with Crippen molar-refractivity contribution in [2.45, 2.75) is 11.1 Å². The molecule has 90 valence electrons. The van der Waals surface area contributed by atoms with Crippen LogP contribution in [0.2, 0.25) is 0 Å². The van der Waals surface area contributed by atoms with E-state index in [0.717, 1.165) is 0 Å². The molecule has 1 aromatic carbocycles. The summed E-state index contributed by atoms with van der Waals surface area (Å²) in [5.41, 5.74) is -1.63. The Kier molecular flexibility index (Phi) is 2.94. The van der Waals surface area contributed by atoms with Gasteiger partial charge in [-0.3, -0.25) is 0 Å². The lowest BCUT2D eigenvalue weighted by Crippen LogP contribution is -2.17. The molecule has 0 aliphatic rings. The largest absolute Gasteiger partial charge is 0.416 e. The minimum Gasteiger partial charge on any atom is -0.224 e. The molecule has 1 rings (SSSR count). The molecule has 16 heavy (non-hydrogen) atoms. The Balaban J connectivity index is 3.53. The molecular weight excluding hydrogens is 257 g/mol. The molecule has 2 N–H and O–H groups in total. The Morgan fingerprint density at radius 3 is 1.69 bits per heavy atom. The van der Waals surface area contributed by atoms with Gasteiger partial charge in [-0.2, -0.15) is 13.2 Å². The fourth-order valence-corrected chi connectivity index (χ4v) is 1.66. The minimum absolute atomic E-state index is 0.136. The minimum atomic E-state index is -4.97. The van der Waals surface area contributed by atoms with Crippen LogP contribution in [-0.2, 0) is 16.2 Å². The SMILES string of the molecule is NS(=O)(=O)c1c(F)cc(C(F)(F)F)cc1F. The van der Waals surface area contributed by atoms with E-state index in [1.165, 1.54) is 0 Å². The monoisotopic (exact) mass is 261 g/mol. The molecule has 0 unspecified atom stereocenters. The zero-order chi connectivity index (χ0) is 12.7. The van der Waals surface area contributed by atoms with Gasteiger partial charge in [0.2, 0.25) is 10.0 Å². The van der Waals surface area contributed by atoms with Crippen LogP contribution in [0, 0.1) is 11.6 Å². The van der Waals surface area contributed by atoms with Gasteiger partial charge in [0.25, 0.3) is 0 Å². The van der Waals surface area contributed by atoms with Gasteiger partial charge in [0.05, 0.1) is 5.56 Å². The summed E-state index contributed by atoms with van der Waals surface area (Å²) in [4.78, 5) is -1.58. The molecule has 0 spiro atoms. The highest BCUT2D eigenvalue weighted by Gasteiger charge is 2.34. The Bertz CT molecular complexity index is 499. The standard InChI is InChI=1S/C7H4F5NO2S/c8-4-1-3(7(10,11)12)2-5(9)6(4)16(13,14)15/h1-2H,(H2,13,14,15). The van der Waals surface area contributed by atoms with E-state index in [4.69, 9.17) is 0 Å². The second kappa shape index (κ2) is 3.67. The fourth-order valence-electron chi connectivity index (χ4n) is 0.995. The molecule has 0 heterocycles. The first-order chi connectivity index (χ1) is 7.03. The Labute approximate surface area is 86.7 Å². The Morgan fingerprint density at radius 2 is 1.44 bits per heavy atom. The molecular formula is C7H4F5NO2S. The number of sulfonamides is 1. The van der Waals surface area contributed by atoms with E-state index in [9.17, 15) is 30.4 Å². The molecule has 0 atom stereocenters. The van der Waals surface area contributed by atoms with Gasteiger partial charge in [0.15, 0.2) is 4.90 Å². The van der Waals surface area contributed by atoms with Gasteiger partial charge in [0, 0.05) is 0 Å². The van der Waals surface area contributed by atoms with Crippen LogP contribution in [0.4, 0.5) is 22.0 Å². The quantitative estimate of drug-likeness (QED) is 0.781. The normalized spacial score (nSPS) is 12.9. The summed E-state index contributed by atoms with van der Waals surface area (Å²) in [6.45, 7) is 0. The summed E-state index contributed by atoms with van der Waals surface area (Å²) in [6.07, 6.45) is -4.97. The number of rotatable bonds is 1. The highest BCUT2D eigenvalue weighted by atomic mass is 32.2. The van der Waals surface area contributed by atoms with Crippen LogP contribution >= 0.6 is 0 Å². The first-order valence-electron chi connectivity index (χ1n) is 3.62. The molecule has 0 fully saturated rings. The summed E-state index contributed by atoms with van der Waals surface area (Å²) in [5.74, 6) is -3.76. The van der Waals surface area contributed by atoms with Crippen LogP contribution in [0.3, 0.4) is 0 Å². The molecule has 9 heteroatoms. The summed E-state index contributed by atoms with van der Waals surface area (Å²) < 4.78 is 83.4. The molecule has 0 aromatic heterocycles. The van der Waals surface area contributed by atoms with E-state index in [2.05, 4.69) is 5.14 Å². The predicted octanol–water partition coefficient (Wildman–Crippen LogP) is 1.63. The van der Waals surface area contributed by atoms with Crippen LogP contribution < -0.4 is 5.14 Å². The number of halogens is 5. The van der Waals surface area contributed by atoms with Gasteiger partial charge < -0.3 is 0 Å². The van der Waals surface area contributed by atoms with Crippen molar-refractivity contribution < 1.29 is 30.4 Å². The maximum Gasteiger partial charge on any atom is 0.416 e. The molecule has 0 saturated heterocycles. The lowest BCUT2D eigenvalue weighted by molar-refractivity contribution is -0.138. The van der Waals surface area contributed by atoms with Crippen molar-refractivity contribution >= 4 is 10.0 Å². The second-order valence-electron chi connectivity index (χ2n) is 2.81. The maximum absolute atomic E-state index is 12.9. The lowest BCUT2D eigenvalue weighted by atomic mass is 10.2. The molecule has 0 aliphatic heterocycles. The number of alkyl halides is 3. The average molecular weight is 261 g/mol. The first kappa shape index (κ1) is 12.8. The number of primary sulfonamides is 1. The van der Waals surface area contributed by atoms with Gasteiger partial charge >= 0.3 is 6.18 Å². The first-order valence-corrected chi connectivity index (χ1v) is 5.17. The van der Waals surface area contributed by atoms with Crippen molar-refractivity contribution in [1.82, 2.24) is 0 Å². The highest BCUT2D eigenvalue weighted by Crippen LogP contribution is 2.32. The van der Waals surface area contributed by atoms with E-state index in [-0.39, 0.29) is 12.1 Å². The summed E-state index contributed by atoms with van der Waals surface area (Å²) in [6, 6.07) is -0.272. The zero-order valence-corrected chi connectivity index (χ0v) is 8.16. The third-order valence-electron chi connectivity index (χ3n) is 1.61. The van der Waals surface area contributed by atoms with Gasteiger partial charge in [-0.25, -0.2) is 22.3 Å². The molecule has 0 saturated carbocycles. The summed E-state index contributed by atoms with van der Waals surface area (Å²) in [5, 5.41) is 4.43. The van der Waals surface area contributed by atoms with Crippen LogP contribution in [0.1, 0.15) is 5.56 Å². The zero-order valence-electron chi connectivity index (χ0n) is 7.35. The van der Waals surface area contributed by atoms with Gasteiger partial charge in [0.1, 0.15) is 11.6 Å². The molecule has 0 bridgehead atoms. The molecule has 0 radical (unpaired) electrons. The van der Waals surface area contributed by atoms with E-state index >= 15 is 0 Å². The van der Waals surface area contributed by atoms with Crippen molar-refractivity contribution in [3.63, 3.8) is 0 Å².